The Labute approximate surface area is 123 Å². The second-order valence-corrected chi connectivity index (χ2v) is 5.70. The van der Waals surface area contributed by atoms with Crippen molar-refractivity contribution in [2.45, 2.75) is 18.3 Å². The second-order valence-electron chi connectivity index (χ2n) is 5.70. The summed E-state index contributed by atoms with van der Waals surface area (Å²) in [6, 6.07) is 18.4. The summed E-state index contributed by atoms with van der Waals surface area (Å²) >= 11 is 0. The molecule has 1 saturated heterocycles. The molecule has 0 radical (unpaired) electrons. The normalized spacial score (nSPS) is 23.6. The molecular formula is C18H16N2O. The lowest BCUT2D eigenvalue weighted by molar-refractivity contribution is -0.123. The van der Waals surface area contributed by atoms with Crippen LogP contribution in [-0.2, 0) is 10.2 Å². The van der Waals surface area contributed by atoms with Crippen LogP contribution in [-0.4, -0.2) is 18.2 Å². The van der Waals surface area contributed by atoms with E-state index in [2.05, 4.69) is 23.5 Å². The molecule has 3 nitrogen and oxygen atoms in total. The van der Waals surface area contributed by atoms with Crippen LogP contribution in [0.4, 0.5) is 5.69 Å². The Morgan fingerprint density at radius 3 is 2.57 bits per heavy atom. The van der Waals surface area contributed by atoms with Crippen molar-refractivity contribution < 1.29 is 4.79 Å². The molecule has 1 fully saturated rings. The Bertz CT molecular complexity index is 736. The number of hydrogen-bond donors (Lipinski definition) is 1. The number of rotatable bonds is 1. The van der Waals surface area contributed by atoms with Gasteiger partial charge < -0.3 is 5.32 Å². The van der Waals surface area contributed by atoms with E-state index < -0.39 is 0 Å². The molecule has 0 aromatic heterocycles. The minimum absolute atomic E-state index is 0.113. The molecule has 21 heavy (non-hydrogen) atoms. The zero-order chi connectivity index (χ0) is 14.3. The van der Waals surface area contributed by atoms with E-state index >= 15 is 0 Å². The predicted molar refractivity (Wildman–Crippen MR) is 83.0 cm³/mol. The van der Waals surface area contributed by atoms with Gasteiger partial charge in [-0.2, -0.15) is 0 Å². The van der Waals surface area contributed by atoms with Crippen LogP contribution >= 0.6 is 0 Å². The Hall–Kier alpha value is -2.42. The third-order valence-electron chi connectivity index (χ3n) is 4.49. The zero-order valence-electron chi connectivity index (χ0n) is 11.7. The number of aliphatic imine (C=N–C) groups is 1. The third-order valence-corrected chi connectivity index (χ3v) is 4.49. The number of piperidine rings is 1. The molecule has 2 heterocycles. The van der Waals surface area contributed by atoms with E-state index in [-0.39, 0.29) is 11.3 Å². The van der Waals surface area contributed by atoms with Gasteiger partial charge in [-0.25, -0.2) is 0 Å². The number of nitrogens with zero attached hydrogens (tertiary/aromatic N) is 1. The maximum atomic E-state index is 12.0. The highest BCUT2D eigenvalue weighted by atomic mass is 16.1. The lowest BCUT2D eigenvalue weighted by Gasteiger charge is -2.35. The molecule has 1 unspecified atom stereocenters. The first-order valence-corrected chi connectivity index (χ1v) is 7.30. The van der Waals surface area contributed by atoms with Gasteiger partial charge in [0, 0.05) is 13.0 Å². The van der Waals surface area contributed by atoms with Crippen LogP contribution in [0.5, 0.6) is 0 Å². The summed E-state index contributed by atoms with van der Waals surface area (Å²) in [5.74, 6) is 0.113. The van der Waals surface area contributed by atoms with E-state index in [0.29, 0.717) is 13.0 Å². The highest BCUT2D eigenvalue weighted by molar-refractivity contribution is 6.14. The van der Waals surface area contributed by atoms with Gasteiger partial charge in [0.1, 0.15) is 0 Å². The summed E-state index contributed by atoms with van der Waals surface area (Å²) in [5, 5.41) is 2.94. The SMILES string of the molecule is O=C1CC2(CCN1)C(c1ccccc1)=Nc1ccccc12. The van der Waals surface area contributed by atoms with Crippen molar-refractivity contribution in [3.05, 3.63) is 65.7 Å². The molecule has 0 aliphatic carbocycles. The monoisotopic (exact) mass is 276 g/mol. The van der Waals surface area contributed by atoms with Gasteiger partial charge in [0.05, 0.1) is 16.8 Å². The Morgan fingerprint density at radius 1 is 1.00 bits per heavy atom. The third kappa shape index (κ3) is 1.81. The van der Waals surface area contributed by atoms with Crippen LogP contribution in [0.1, 0.15) is 24.0 Å². The van der Waals surface area contributed by atoms with Gasteiger partial charge in [-0.1, -0.05) is 48.5 Å². The first-order valence-electron chi connectivity index (χ1n) is 7.30. The smallest absolute Gasteiger partial charge is 0.221 e. The number of carbonyl (C=O) groups excluding carboxylic acids is 1. The molecule has 2 aromatic carbocycles. The molecule has 1 spiro atoms. The lowest BCUT2D eigenvalue weighted by Crippen LogP contribution is -2.47. The fraction of sp³-hybridized carbons (Fsp3) is 0.222. The Balaban J connectivity index is 1.92. The van der Waals surface area contributed by atoms with E-state index in [1.54, 1.807) is 0 Å². The molecule has 0 bridgehead atoms. The molecule has 2 aromatic rings. The first-order chi connectivity index (χ1) is 10.3. The molecule has 4 rings (SSSR count). The molecule has 2 aliphatic rings. The van der Waals surface area contributed by atoms with Crippen molar-refractivity contribution in [1.82, 2.24) is 5.32 Å². The summed E-state index contributed by atoms with van der Waals surface area (Å²) in [7, 11) is 0. The van der Waals surface area contributed by atoms with Crippen molar-refractivity contribution in [2.24, 2.45) is 4.99 Å². The number of amides is 1. The molecule has 104 valence electrons. The molecule has 0 saturated carbocycles. The van der Waals surface area contributed by atoms with Gasteiger partial charge >= 0.3 is 0 Å². The summed E-state index contributed by atoms with van der Waals surface area (Å²) in [4.78, 5) is 16.9. The van der Waals surface area contributed by atoms with Crippen LogP contribution in [0.2, 0.25) is 0 Å². The fourth-order valence-electron chi connectivity index (χ4n) is 3.54. The number of nitrogens with one attached hydrogen (secondary N) is 1. The van der Waals surface area contributed by atoms with Crippen LogP contribution in [0, 0.1) is 0 Å². The first kappa shape index (κ1) is 12.3. The van der Waals surface area contributed by atoms with Gasteiger partial charge in [0.25, 0.3) is 0 Å². The minimum Gasteiger partial charge on any atom is -0.356 e. The zero-order valence-corrected chi connectivity index (χ0v) is 11.7. The number of hydrogen-bond acceptors (Lipinski definition) is 2. The van der Waals surface area contributed by atoms with E-state index in [4.69, 9.17) is 4.99 Å². The van der Waals surface area contributed by atoms with Crippen molar-refractivity contribution in [3.8, 4) is 0 Å². The van der Waals surface area contributed by atoms with Crippen molar-refractivity contribution in [3.63, 3.8) is 0 Å². The topological polar surface area (TPSA) is 41.5 Å². The average molecular weight is 276 g/mol. The quantitative estimate of drug-likeness (QED) is 0.854. The van der Waals surface area contributed by atoms with Gasteiger partial charge in [-0.05, 0) is 23.6 Å². The second kappa shape index (κ2) is 4.55. The number of benzene rings is 2. The van der Waals surface area contributed by atoms with Gasteiger partial charge in [0.15, 0.2) is 0 Å². The van der Waals surface area contributed by atoms with E-state index in [0.717, 1.165) is 23.4 Å². The van der Waals surface area contributed by atoms with Crippen LogP contribution in [0.3, 0.4) is 0 Å². The van der Waals surface area contributed by atoms with Gasteiger partial charge in [-0.3, -0.25) is 9.79 Å². The van der Waals surface area contributed by atoms with Crippen LogP contribution < -0.4 is 5.32 Å². The average Bonchev–Trinajstić information content (AvgIpc) is 2.83. The summed E-state index contributed by atoms with van der Waals surface area (Å²) in [5.41, 5.74) is 4.09. The number of carbonyl (C=O) groups is 1. The molecule has 1 amide bonds. The van der Waals surface area contributed by atoms with Gasteiger partial charge in [-0.15, -0.1) is 0 Å². The molecule has 2 aliphatic heterocycles. The van der Waals surface area contributed by atoms with E-state index in [1.807, 2.05) is 36.4 Å². The van der Waals surface area contributed by atoms with Crippen LogP contribution in [0.15, 0.2) is 59.6 Å². The highest BCUT2D eigenvalue weighted by Crippen LogP contribution is 2.47. The molecule has 1 N–H and O–H groups in total. The van der Waals surface area contributed by atoms with Gasteiger partial charge in [0.2, 0.25) is 5.91 Å². The fourth-order valence-corrected chi connectivity index (χ4v) is 3.54. The van der Waals surface area contributed by atoms with Crippen molar-refractivity contribution in [1.29, 1.82) is 0 Å². The Kier molecular flexibility index (Phi) is 2.67. The predicted octanol–water partition coefficient (Wildman–Crippen LogP) is 2.97. The van der Waals surface area contributed by atoms with Crippen molar-refractivity contribution >= 4 is 17.3 Å². The van der Waals surface area contributed by atoms with E-state index in [9.17, 15) is 4.79 Å². The molecular weight excluding hydrogens is 260 g/mol. The summed E-state index contributed by atoms with van der Waals surface area (Å²) in [6.07, 6.45) is 1.39. The maximum absolute atomic E-state index is 12.0. The maximum Gasteiger partial charge on any atom is 0.221 e. The highest BCUT2D eigenvalue weighted by Gasteiger charge is 2.46. The standard InChI is InChI=1S/C18H16N2O/c21-16-12-18(10-11-19-16)14-8-4-5-9-15(14)20-17(18)13-6-2-1-3-7-13/h1-9H,10-12H2,(H,19,21). The molecule has 3 heteroatoms. The van der Waals surface area contributed by atoms with E-state index in [1.165, 1.54) is 5.56 Å². The number of para-hydroxylation sites is 1. The minimum atomic E-state index is -0.264. The number of fused-ring (bicyclic) bond motifs is 2. The lowest BCUT2D eigenvalue weighted by atomic mass is 9.69. The Morgan fingerprint density at radius 2 is 1.76 bits per heavy atom. The molecule has 1 atom stereocenters. The largest absolute Gasteiger partial charge is 0.356 e. The van der Waals surface area contributed by atoms with Crippen molar-refractivity contribution in [2.75, 3.05) is 6.54 Å². The summed E-state index contributed by atoms with van der Waals surface area (Å²) in [6.45, 7) is 0.707. The van der Waals surface area contributed by atoms with Crippen LogP contribution in [0.25, 0.3) is 0 Å². The summed E-state index contributed by atoms with van der Waals surface area (Å²) < 4.78 is 0.